The fourth-order valence-corrected chi connectivity index (χ4v) is 2.30. The first-order valence-corrected chi connectivity index (χ1v) is 6.96. The standard InChI is InChI=1S/C13H22N6O2/c1-18(8-13(20)19-5-3-4-6-19)12-7-10(17-14)15-11(16-12)9-21-2/h7H,3-6,8-9,14H2,1-2H3,(H,15,16,17). The minimum atomic E-state index is 0.115. The van der Waals surface area contributed by atoms with Gasteiger partial charge in [0, 0.05) is 33.3 Å². The second-order valence-electron chi connectivity index (χ2n) is 5.05. The number of hydrazine groups is 1. The summed E-state index contributed by atoms with van der Waals surface area (Å²) in [5.41, 5.74) is 2.50. The number of aromatic nitrogens is 2. The Morgan fingerprint density at radius 1 is 1.48 bits per heavy atom. The molecule has 2 heterocycles. The number of nitrogens with zero attached hydrogens (tertiary/aromatic N) is 4. The molecule has 0 atom stereocenters. The van der Waals surface area contributed by atoms with Crippen LogP contribution in [0.1, 0.15) is 18.7 Å². The van der Waals surface area contributed by atoms with Crippen LogP contribution < -0.4 is 16.2 Å². The second kappa shape index (κ2) is 7.19. The summed E-state index contributed by atoms with van der Waals surface area (Å²) in [6.45, 7) is 2.27. The molecule has 8 nitrogen and oxygen atoms in total. The van der Waals surface area contributed by atoms with E-state index in [4.69, 9.17) is 10.6 Å². The van der Waals surface area contributed by atoms with E-state index >= 15 is 0 Å². The molecule has 1 saturated heterocycles. The molecular weight excluding hydrogens is 272 g/mol. The van der Waals surface area contributed by atoms with Gasteiger partial charge in [-0.15, -0.1) is 0 Å². The molecular formula is C13H22N6O2. The number of nitrogen functional groups attached to an aromatic ring is 1. The van der Waals surface area contributed by atoms with Crippen molar-refractivity contribution in [3.63, 3.8) is 0 Å². The summed E-state index contributed by atoms with van der Waals surface area (Å²) in [4.78, 5) is 24.4. The quantitative estimate of drug-likeness (QED) is 0.561. The predicted molar refractivity (Wildman–Crippen MR) is 79.6 cm³/mol. The maximum absolute atomic E-state index is 12.2. The Labute approximate surface area is 124 Å². The number of nitrogens with one attached hydrogen (secondary N) is 1. The number of nitrogens with two attached hydrogens (primary N) is 1. The van der Waals surface area contributed by atoms with Crippen molar-refractivity contribution < 1.29 is 9.53 Å². The zero-order valence-electron chi connectivity index (χ0n) is 12.5. The van der Waals surface area contributed by atoms with Crippen LogP contribution in [0.4, 0.5) is 11.6 Å². The summed E-state index contributed by atoms with van der Waals surface area (Å²) in [6.07, 6.45) is 2.17. The van der Waals surface area contributed by atoms with Crippen LogP contribution in [0.3, 0.4) is 0 Å². The smallest absolute Gasteiger partial charge is 0.242 e. The number of anilines is 2. The number of likely N-dealkylation sites (N-methyl/N-ethyl adjacent to an activating group) is 1. The molecule has 0 bridgehead atoms. The Morgan fingerprint density at radius 2 is 2.19 bits per heavy atom. The van der Waals surface area contributed by atoms with Gasteiger partial charge in [0.1, 0.15) is 18.2 Å². The van der Waals surface area contributed by atoms with E-state index in [1.54, 1.807) is 18.1 Å². The van der Waals surface area contributed by atoms with Gasteiger partial charge in [-0.05, 0) is 12.8 Å². The summed E-state index contributed by atoms with van der Waals surface area (Å²) >= 11 is 0. The molecule has 3 N–H and O–H groups in total. The normalized spacial score (nSPS) is 14.3. The Balaban J connectivity index is 2.08. The van der Waals surface area contributed by atoms with Crippen LogP contribution in [-0.4, -0.2) is 54.6 Å². The van der Waals surface area contributed by atoms with E-state index in [9.17, 15) is 4.79 Å². The van der Waals surface area contributed by atoms with E-state index in [0.717, 1.165) is 25.9 Å². The largest absolute Gasteiger partial charge is 0.377 e. The Morgan fingerprint density at radius 3 is 2.81 bits per heavy atom. The van der Waals surface area contributed by atoms with Crippen molar-refractivity contribution in [2.75, 3.05) is 44.1 Å². The van der Waals surface area contributed by atoms with E-state index in [0.29, 0.717) is 17.5 Å². The maximum Gasteiger partial charge on any atom is 0.242 e. The highest BCUT2D eigenvalue weighted by Crippen LogP contribution is 2.15. The fraction of sp³-hybridized carbons (Fsp3) is 0.615. The van der Waals surface area contributed by atoms with Crippen molar-refractivity contribution >= 4 is 17.5 Å². The van der Waals surface area contributed by atoms with E-state index in [2.05, 4.69) is 15.4 Å². The van der Waals surface area contributed by atoms with Crippen molar-refractivity contribution in [1.29, 1.82) is 0 Å². The molecule has 2 rings (SSSR count). The third-order valence-corrected chi connectivity index (χ3v) is 3.40. The van der Waals surface area contributed by atoms with E-state index < -0.39 is 0 Å². The Bertz CT molecular complexity index is 490. The lowest BCUT2D eigenvalue weighted by Crippen LogP contribution is -2.37. The molecule has 8 heteroatoms. The molecule has 0 aliphatic carbocycles. The number of carbonyl (C=O) groups is 1. The highest BCUT2D eigenvalue weighted by Gasteiger charge is 2.20. The molecule has 1 aromatic rings. The van der Waals surface area contributed by atoms with E-state index in [-0.39, 0.29) is 19.1 Å². The van der Waals surface area contributed by atoms with Crippen LogP contribution in [0, 0.1) is 0 Å². The van der Waals surface area contributed by atoms with Gasteiger partial charge < -0.3 is 20.0 Å². The number of hydrogen-bond acceptors (Lipinski definition) is 7. The van der Waals surface area contributed by atoms with Gasteiger partial charge in [0.05, 0.1) is 6.54 Å². The van der Waals surface area contributed by atoms with Gasteiger partial charge in [-0.1, -0.05) is 0 Å². The predicted octanol–water partition coefficient (Wildman–Crippen LogP) is -0.0328. The zero-order chi connectivity index (χ0) is 15.2. The van der Waals surface area contributed by atoms with E-state index in [1.807, 2.05) is 11.9 Å². The zero-order valence-corrected chi connectivity index (χ0v) is 12.5. The highest BCUT2D eigenvalue weighted by molar-refractivity contribution is 5.81. The van der Waals surface area contributed by atoms with Gasteiger partial charge in [0.15, 0.2) is 5.82 Å². The number of amides is 1. The number of rotatable bonds is 6. The number of hydrogen-bond donors (Lipinski definition) is 2. The summed E-state index contributed by atoms with van der Waals surface area (Å²) < 4.78 is 5.04. The third kappa shape index (κ3) is 4.02. The monoisotopic (exact) mass is 294 g/mol. The average molecular weight is 294 g/mol. The van der Waals surface area contributed by atoms with Crippen LogP contribution in [0.5, 0.6) is 0 Å². The summed E-state index contributed by atoms with van der Waals surface area (Å²) in [7, 11) is 3.40. The minimum absolute atomic E-state index is 0.115. The number of carbonyl (C=O) groups excluding carboxylic acids is 1. The molecule has 1 aliphatic heterocycles. The number of ether oxygens (including phenoxy) is 1. The lowest BCUT2D eigenvalue weighted by molar-refractivity contribution is -0.128. The Hall–Kier alpha value is -1.93. The molecule has 116 valence electrons. The van der Waals surface area contributed by atoms with Crippen LogP contribution >= 0.6 is 0 Å². The lowest BCUT2D eigenvalue weighted by atomic mass is 10.4. The van der Waals surface area contributed by atoms with Gasteiger partial charge in [-0.3, -0.25) is 4.79 Å². The summed E-state index contributed by atoms with van der Waals surface area (Å²) in [5, 5.41) is 0. The fourth-order valence-electron chi connectivity index (χ4n) is 2.30. The topological polar surface area (TPSA) is 96.6 Å². The number of methoxy groups -OCH3 is 1. The molecule has 0 radical (unpaired) electrons. The van der Waals surface area contributed by atoms with Gasteiger partial charge in [-0.2, -0.15) is 0 Å². The second-order valence-corrected chi connectivity index (χ2v) is 5.05. The van der Waals surface area contributed by atoms with Gasteiger partial charge in [-0.25, -0.2) is 15.8 Å². The Kier molecular flexibility index (Phi) is 5.29. The minimum Gasteiger partial charge on any atom is -0.377 e. The molecule has 0 saturated carbocycles. The molecule has 21 heavy (non-hydrogen) atoms. The molecule has 0 unspecified atom stereocenters. The summed E-state index contributed by atoms with van der Waals surface area (Å²) in [5.74, 6) is 7.17. The van der Waals surface area contributed by atoms with Crippen molar-refractivity contribution in [3.05, 3.63) is 11.9 Å². The third-order valence-electron chi connectivity index (χ3n) is 3.40. The van der Waals surface area contributed by atoms with Crippen molar-refractivity contribution in [3.8, 4) is 0 Å². The molecule has 1 amide bonds. The van der Waals surface area contributed by atoms with Crippen LogP contribution in [0.15, 0.2) is 6.07 Å². The van der Waals surface area contributed by atoms with Crippen LogP contribution in [0.2, 0.25) is 0 Å². The number of likely N-dealkylation sites (tertiary alicyclic amines) is 1. The molecule has 0 aromatic carbocycles. The first-order valence-electron chi connectivity index (χ1n) is 6.96. The average Bonchev–Trinajstić information content (AvgIpc) is 3.01. The van der Waals surface area contributed by atoms with Crippen LogP contribution in [0.25, 0.3) is 0 Å². The molecule has 0 spiro atoms. The molecule has 1 fully saturated rings. The van der Waals surface area contributed by atoms with Gasteiger partial charge in [0.2, 0.25) is 5.91 Å². The SMILES string of the molecule is COCc1nc(NN)cc(N(C)CC(=O)N2CCCC2)n1. The molecule has 1 aromatic heterocycles. The first-order chi connectivity index (χ1) is 10.1. The van der Waals surface area contributed by atoms with Crippen molar-refractivity contribution in [2.24, 2.45) is 5.84 Å². The van der Waals surface area contributed by atoms with Crippen LogP contribution in [-0.2, 0) is 16.1 Å². The first kappa shape index (κ1) is 15.5. The molecule has 1 aliphatic rings. The lowest BCUT2D eigenvalue weighted by Gasteiger charge is -2.22. The highest BCUT2D eigenvalue weighted by atomic mass is 16.5. The van der Waals surface area contributed by atoms with Crippen molar-refractivity contribution in [2.45, 2.75) is 19.4 Å². The van der Waals surface area contributed by atoms with Gasteiger partial charge >= 0.3 is 0 Å². The van der Waals surface area contributed by atoms with Crippen molar-refractivity contribution in [1.82, 2.24) is 14.9 Å². The summed E-state index contributed by atoms with van der Waals surface area (Å²) in [6, 6.07) is 1.70. The van der Waals surface area contributed by atoms with E-state index in [1.165, 1.54) is 0 Å². The van der Waals surface area contributed by atoms with Gasteiger partial charge in [0.25, 0.3) is 0 Å². The maximum atomic E-state index is 12.2.